The minimum Gasteiger partial charge on any atom is -0.490 e. The molecule has 0 atom stereocenters. The molecule has 0 unspecified atom stereocenters. The molecule has 2 fully saturated rings. The zero-order valence-corrected chi connectivity index (χ0v) is 18.3. The number of imide groups is 1. The van der Waals surface area contributed by atoms with Crippen molar-refractivity contribution in [1.82, 2.24) is 9.80 Å². The van der Waals surface area contributed by atoms with Gasteiger partial charge in [-0.2, -0.15) is 0 Å². The number of ether oxygens (including phenoxy) is 2. The molecular weight excluding hydrogens is 404 g/mol. The lowest BCUT2D eigenvalue weighted by Gasteiger charge is -2.22. The smallest absolute Gasteiger partial charge is 0.294 e. The fourth-order valence-electron chi connectivity index (χ4n) is 3.50. The molecular formula is C22H28N2O5S. The topological polar surface area (TPSA) is 76.2 Å². The molecule has 0 spiro atoms. The van der Waals surface area contributed by atoms with Crippen molar-refractivity contribution in [2.24, 2.45) is 0 Å². The van der Waals surface area contributed by atoms with Crippen molar-refractivity contribution in [2.75, 3.05) is 32.8 Å². The predicted octanol–water partition coefficient (Wildman–Crippen LogP) is 3.92. The average molecular weight is 433 g/mol. The molecule has 7 nitrogen and oxygen atoms in total. The molecule has 1 aromatic rings. The van der Waals surface area contributed by atoms with Crippen LogP contribution in [0.3, 0.4) is 0 Å². The van der Waals surface area contributed by atoms with E-state index < -0.39 is 11.1 Å². The van der Waals surface area contributed by atoms with Crippen LogP contribution in [0.4, 0.5) is 4.79 Å². The summed E-state index contributed by atoms with van der Waals surface area (Å²) < 4.78 is 11.2. The maximum atomic E-state index is 12.8. The summed E-state index contributed by atoms with van der Waals surface area (Å²) in [5.41, 5.74) is 0.728. The summed E-state index contributed by atoms with van der Waals surface area (Å²) in [6.07, 6.45) is 5.81. The Balaban J connectivity index is 1.72. The van der Waals surface area contributed by atoms with Gasteiger partial charge in [-0.1, -0.05) is 18.9 Å². The Labute approximate surface area is 181 Å². The van der Waals surface area contributed by atoms with Crippen LogP contribution in [-0.4, -0.2) is 59.7 Å². The Morgan fingerprint density at radius 1 is 1.03 bits per heavy atom. The maximum absolute atomic E-state index is 12.8. The van der Waals surface area contributed by atoms with Gasteiger partial charge >= 0.3 is 0 Å². The molecule has 8 heteroatoms. The predicted molar refractivity (Wildman–Crippen MR) is 117 cm³/mol. The van der Waals surface area contributed by atoms with Crippen LogP contribution in [-0.2, 0) is 9.59 Å². The minimum atomic E-state index is -0.431. The number of hydrogen-bond donors (Lipinski definition) is 0. The van der Waals surface area contributed by atoms with Gasteiger partial charge in [0.15, 0.2) is 11.5 Å². The van der Waals surface area contributed by atoms with Crippen molar-refractivity contribution in [1.29, 1.82) is 0 Å². The van der Waals surface area contributed by atoms with E-state index in [4.69, 9.17) is 9.47 Å². The fourth-order valence-corrected chi connectivity index (χ4v) is 4.34. The Morgan fingerprint density at radius 3 is 2.37 bits per heavy atom. The second kappa shape index (κ2) is 10.5. The zero-order valence-electron chi connectivity index (χ0n) is 17.5. The van der Waals surface area contributed by atoms with Crippen molar-refractivity contribution in [3.8, 4) is 11.5 Å². The number of amides is 3. The third kappa shape index (κ3) is 5.36. The molecule has 0 aromatic heterocycles. The Hall–Kier alpha value is -2.48. The molecule has 0 aliphatic carbocycles. The number of benzene rings is 1. The third-order valence-electron chi connectivity index (χ3n) is 4.99. The van der Waals surface area contributed by atoms with Crippen LogP contribution in [0.15, 0.2) is 23.1 Å². The van der Waals surface area contributed by atoms with Crippen molar-refractivity contribution < 1.29 is 23.9 Å². The van der Waals surface area contributed by atoms with E-state index in [-0.39, 0.29) is 12.5 Å². The summed E-state index contributed by atoms with van der Waals surface area (Å²) >= 11 is 0.859. The van der Waals surface area contributed by atoms with Crippen molar-refractivity contribution in [3.05, 3.63) is 28.7 Å². The fraction of sp³-hybridized carbons (Fsp3) is 0.500. The average Bonchev–Trinajstić information content (AvgIpc) is 2.93. The molecule has 2 aliphatic heterocycles. The molecule has 0 N–H and O–H groups in total. The Bertz CT molecular complexity index is 831. The highest BCUT2D eigenvalue weighted by molar-refractivity contribution is 8.18. The summed E-state index contributed by atoms with van der Waals surface area (Å²) in [5, 5.41) is -0.412. The van der Waals surface area contributed by atoms with Gasteiger partial charge in [-0.25, -0.2) is 0 Å². The van der Waals surface area contributed by atoms with Gasteiger partial charge in [0, 0.05) is 13.1 Å². The van der Waals surface area contributed by atoms with E-state index in [0.717, 1.165) is 47.9 Å². The Kier molecular flexibility index (Phi) is 7.79. The van der Waals surface area contributed by atoms with Crippen LogP contribution in [0.5, 0.6) is 11.5 Å². The van der Waals surface area contributed by atoms with E-state index in [1.807, 2.05) is 19.9 Å². The number of likely N-dealkylation sites (tertiary alicyclic amines) is 1. The van der Waals surface area contributed by atoms with Gasteiger partial charge in [0.05, 0.1) is 18.1 Å². The first-order chi connectivity index (χ1) is 14.5. The zero-order chi connectivity index (χ0) is 21.5. The highest BCUT2D eigenvalue weighted by Crippen LogP contribution is 2.34. The van der Waals surface area contributed by atoms with Crippen molar-refractivity contribution >= 4 is 34.9 Å². The van der Waals surface area contributed by atoms with Gasteiger partial charge in [-0.05, 0) is 62.2 Å². The number of rotatable bonds is 7. The Morgan fingerprint density at radius 2 is 1.70 bits per heavy atom. The van der Waals surface area contributed by atoms with E-state index in [9.17, 15) is 14.4 Å². The summed E-state index contributed by atoms with van der Waals surface area (Å²) in [7, 11) is 0. The van der Waals surface area contributed by atoms with Gasteiger partial charge in [-0.15, -0.1) is 0 Å². The van der Waals surface area contributed by atoms with E-state index in [1.165, 1.54) is 0 Å². The van der Waals surface area contributed by atoms with E-state index in [1.54, 1.807) is 23.1 Å². The molecule has 0 saturated carbocycles. The van der Waals surface area contributed by atoms with Crippen LogP contribution in [0.1, 0.15) is 45.1 Å². The van der Waals surface area contributed by atoms with Crippen LogP contribution in [0.2, 0.25) is 0 Å². The normalized spacial score (nSPS) is 18.7. The molecule has 3 amide bonds. The molecule has 0 radical (unpaired) electrons. The summed E-state index contributed by atoms with van der Waals surface area (Å²) in [4.78, 5) is 40.9. The third-order valence-corrected chi connectivity index (χ3v) is 5.90. The van der Waals surface area contributed by atoms with Gasteiger partial charge in [0.25, 0.3) is 11.1 Å². The second-order valence-electron chi connectivity index (χ2n) is 7.14. The first-order valence-corrected chi connectivity index (χ1v) is 11.3. The maximum Gasteiger partial charge on any atom is 0.294 e. The molecule has 1 aromatic carbocycles. The van der Waals surface area contributed by atoms with Crippen LogP contribution < -0.4 is 9.47 Å². The van der Waals surface area contributed by atoms with Gasteiger partial charge in [-0.3, -0.25) is 19.3 Å². The molecule has 2 saturated heterocycles. The summed E-state index contributed by atoms with van der Waals surface area (Å²) in [6.45, 7) is 5.97. The number of carbonyl (C=O) groups is 3. The lowest BCUT2D eigenvalue weighted by Crippen LogP contribution is -2.42. The SMILES string of the molecule is CCOc1ccc(C=C2SC(=O)N(CC(=O)N3CCCCCC3)C2=O)cc1OCC. The highest BCUT2D eigenvalue weighted by Gasteiger charge is 2.37. The molecule has 3 rings (SSSR count). The lowest BCUT2D eigenvalue weighted by atomic mass is 10.2. The quantitative estimate of drug-likeness (QED) is 0.608. The summed E-state index contributed by atoms with van der Waals surface area (Å²) in [6, 6.07) is 5.38. The van der Waals surface area contributed by atoms with Gasteiger partial charge in [0.2, 0.25) is 5.91 Å². The number of nitrogens with zero attached hydrogens (tertiary/aromatic N) is 2. The largest absolute Gasteiger partial charge is 0.490 e. The molecule has 2 aliphatic rings. The molecule has 0 bridgehead atoms. The van der Waals surface area contributed by atoms with Crippen molar-refractivity contribution in [3.63, 3.8) is 0 Å². The summed E-state index contributed by atoms with van der Waals surface area (Å²) in [5.74, 6) is 0.622. The molecule has 30 heavy (non-hydrogen) atoms. The first kappa shape index (κ1) is 22.2. The number of carbonyl (C=O) groups excluding carboxylic acids is 3. The van der Waals surface area contributed by atoms with Gasteiger partial charge in [0.1, 0.15) is 6.54 Å². The molecule has 2 heterocycles. The molecule has 162 valence electrons. The van der Waals surface area contributed by atoms with Crippen LogP contribution >= 0.6 is 11.8 Å². The van der Waals surface area contributed by atoms with Crippen LogP contribution in [0.25, 0.3) is 6.08 Å². The van der Waals surface area contributed by atoms with E-state index >= 15 is 0 Å². The van der Waals surface area contributed by atoms with Gasteiger partial charge < -0.3 is 14.4 Å². The van der Waals surface area contributed by atoms with E-state index in [2.05, 4.69) is 0 Å². The number of hydrogen-bond acceptors (Lipinski definition) is 6. The monoisotopic (exact) mass is 432 g/mol. The van der Waals surface area contributed by atoms with Crippen LogP contribution in [0, 0.1) is 0 Å². The highest BCUT2D eigenvalue weighted by atomic mass is 32.2. The van der Waals surface area contributed by atoms with Crippen molar-refractivity contribution in [2.45, 2.75) is 39.5 Å². The van der Waals surface area contributed by atoms with E-state index in [0.29, 0.717) is 42.7 Å². The lowest BCUT2D eigenvalue weighted by molar-refractivity contribution is -0.135. The minimum absolute atomic E-state index is 0.167. The number of thioether (sulfide) groups is 1. The second-order valence-corrected chi connectivity index (χ2v) is 8.13. The standard InChI is InChI=1S/C22H28N2O5S/c1-3-28-17-10-9-16(13-18(17)29-4-2)14-19-21(26)24(22(27)30-19)15-20(25)23-11-7-5-6-8-12-23/h9-10,13-14H,3-8,11-12,15H2,1-2H3. The first-order valence-electron chi connectivity index (χ1n) is 10.5.